The van der Waals surface area contributed by atoms with Gasteiger partial charge in [0.05, 0.1) is 12.9 Å². The third-order valence-electron chi connectivity index (χ3n) is 7.70. The average molecular weight is 300 g/mol. The van der Waals surface area contributed by atoms with Gasteiger partial charge in [-0.2, -0.15) is 0 Å². The van der Waals surface area contributed by atoms with Gasteiger partial charge < -0.3 is 4.74 Å². The number of rotatable bonds is 1. The largest absolute Gasteiger partial charge is 0.501 e. The number of ketones is 1. The molecule has 0 aromatic heterocycles. The molecule has 0 unspecified atom stereocenters. The molecule has 4 aliphatic rings. The van der Waals surface area contributed by atoms with E-state index in [1.54, 1.807) is 7.11 Å². The van der Waals surface area contributed by atoms with E-state index in [1.165, 1.54) is 18.4 Å². The highest BCUT2D eigenvalue weighted by molar-refractivity contribution is 5.87. The number of carbonyl (C=O) groups excluding carboxylic acids is 1. The van der Waals surface area contributed by atoms with Crippen LogP contribution in [0.5, 0.6) is 0 Å². The molecule has 0 bridgehead atoms. The number of ether oxygens (including phenoxy) is 1. The zero-order valence-corrected chi connectivity index (χ0v) is 14.2. The summed E-state index contributed by atoms with van der Waals surface area (Å²) < 4.78 is 5.50. The highest BCUT2D eigenvalue weighted by Crippen LogP contribution is 2.63. The summed E-state index contributed by atoms with van der Waals surface area (Å²) in [5.41, 5.74) is 1.80. The fraction of sp³-hybridized carbons (Fsp3) is 0.750. The molecule has 0 spiro atoms. The predicted molar refractivity (Wildman–Crippen MR) is 87.2 cm³/mol. The molecule has 120 valence electrons. The zero-order valence-electron chi connectivity index (χ0n) is 14.2. The van der Waals surface area contributed by atoms with Crippen LogP contribution in [0.1, 0.15) is 58.8 Å². The third-order valence-corrected chi connectivity index (χ3v) is 7.70. The summed E-state index contributed by atoms with van der Waals surface area (Å²) >= 11 is 0. The van der Waals surface area contributed by atoms with E-state index in [0.717, 1.165) is 49.7 Å². The van der Waals surface area contributed by atoms with Crippen molar-refractivity contribution in [2.24, 2.45) is 28.6 Å². The Morgan fingerprint density at radius 3 is 2.64 bits per heavy atom. The van der Waals surface area contributed by atoms with E-state index in [0.29, 0.717) is 17.1 Å². The van der Waals surface area contributed by atoms with Gasteiger partial charge in [-0.25, -0.2) is 0 Å². The summed E-state index contributed by atoms with van der Waals surface area (Å²) in [6.45, 7) is 4.73. The van der Waals surface area contributed by atoms with Crippen LogP contribution in [0.4, 0.5) is 0 Å². The van der Waals surface area contributed by atoms with Crippen LogP contribution in [0.2, 0.25) is 0 Å². The van der Waals surface area contributed by atoms with E-state index in [-0.39, 0.29) is 5.41 Å². The first kappa shape index (κ1) is 14.5. The van der Waals surface area contributed by atoms with Crippen molar-refractivity contribution < 1.29 is 9.53 Å². The van der Waals surface area contributed by atoms with Gasteiger partial charge in [-0.15, -0.1) is 0 Å². The van der Waals surface area contributed by atoms with Crippen LogP contribution < -0.4 is 0 Å². The molecular formula is C20H28O2. The summed E-state index contributed by atoms with van der Waals surface area (Å²) in [5.74, 6) is 3.78. The molecule has 0 aliphatic heterocycles. The molecule has 4 aliphatic carbocycles. The van der Waals surface area contributed by atoms with Gasteiger partial charge in [0.25, 0.3) is 0 Å². The van der Waals surface area contributed by atoms with Crippen molar-refractivity contribution in [1.29, 1.82) is 0 Å². The maximum Gasteiger partial charge on any atom is 0.139 e. The number of hydrogen-bond acceptors (Lipinski definition) is 2. The van der Waals surface area contributed by atoms with Gasteiger partial charge in [0, 0.05) is 18.3 Å². The molecule has 0 heterocycles. The molecule has 2 saturated carbocycles. The minimum Gasteiger partial charge on any atom is -0.501 e. The number of carbonyl (C=O) groups is 1. The summed E-state index contributed by atoms with van der Waals surface area (Å²) in [6.07, 6.45) is 12.5. The van der Waals surface area contributed by atoms with Crippen molar-refractivity contribution in [3.8, 4) is 0 Å². The molecule has 5 atom stereocenters. The molecule has 2 fully saturated rings. The molecule has 2 heteroatoms. The van der Waals surface area contributed by atoms with Gasteiger partial charge in [-0.05, 0) is 66.9 Å². The molecule has 0 saturated heterocycles. The molecule has 4 rings (SSSR count). The average Bonchev–Trinajstić information content (AvgIpc) is 2.82. The van der Waals surface area contributed by atoms with E-state index in [2.05, 4.69) is 26.0 Å². The molecule has 2 nitrogen and oxygen atoms in total. The van der Waals surface area contributed by atoms with Gasteiger partial charge in [-0.3, -0.25) is 4.79 Å². The van der Waals surface area contributed by atoms with E-state index >= 15 is 0 Å². The molecule has 0 aromatic carbocycles. The monoisotopic (exact) mass is 300 g/mol. The summed E-state index contributed by atoms with van der Waals surface area (Å²) in [7, 11) is 1.79. The van der Waals surface area contributed by atoms with Gasteiger partial charge >= 0.3 is 0 Å². The molecule has 0 amide bonds. The van der Waals surface area contributed by atoms with E-state index in [9.17, 15) is 4.79 Å². The first-order chi connectivity index (χ1) is 10.5. The lowest BCUT2D eigenvalue weighted by molar-refractivity contribution is -0.131. The highest BCUT2D eigenvalue weighted by atomic mass is 16.5. The standard InChI is InChI=1S/C20H28O2/c1-19-10-8-14(22-3)12-13(19)4-5-15-16-6-7-18(21)20(16,2)11-9-17(15)19/h4,12,15-17H,5-11H2,1-3H3/t15-,16+,17+,19-,20-/m0/s1. The van der Waals surface area contributed by atoms with Crippen molar-refractivity contribution in [3.05, 3.63) is 23.5 Å². The number of methoxy groups -OCH3 is 1. The lowest BCUT2D eigenvalue weighted by atomic mass is 9.49. The van der Waals surface area contributed by atoms with Crippen LogP contribution in [0.25, 0.3) is 0 Å². The second-order valence-electron chi connectivity index (χ2n) is 8.42. The second kappa shape index (κ2) is 4.72. The van der Waals surface area contributed by atoms with Crippen LogP contribution in [-0.4, -0.2) is 12.9 Å². The van der Waals surface area contributed by atoms with Crippen molar-refractivity contribution in [3.63, 3.8) is 0 Å². The number of Topliss-reactive ketones (excluding diaryl/α,β-unsaturated/α-hetero) is 1. The topological polar surface area (TPSA) is 26.3 Å². The Kier molecular flexibility index (Phi) is 3.12. The fourth-order valence-corrected chi connectivity index (χ4v) is 6.23. The van der Waals surface area contributed by atoms with Crippen LogP contribution in [-0.2, 0) is 9.53 Å². The Labute approximate surface area is 134 Å². The van der Waals surface area contributed by atoms with Crippen molar-refractivity contribution in [2.45, 2.75) is 58.8 Å². The van der Waals surface area contributed by atoms with Crippen molar-refractivity contribution in [2.75, 3.05) is 7.11 Å². The third kappa shape index (κ3) is 1.76. The molecule has 0 aromatic rings. The molecular weight excluding hydrogens is 272 g/mol. The summed E-state index contributed by atoms with van der Waals surface area (Å²) in [4.78, 5) is 12.4. The zero-order chi connectivity index (χ0) is 15.5. The van der Waals surface area contributed by atoms with Crippen LogP contribution in [0, 0.1) is 28.6 Å². The van der Waals surface area contributed by atoms with E-state index in [1.807, 2.05) is 0 Å². The maximum atomic E-state index is 12.4. The molecule has 22 heavy (non-hydrogen) atoms. The Hall–Kier alpha value is -1.05. The van der Waals surface area contributed by atoms with Crippen LogP contribution in [0.15, 0.2) is 23.5 Å². The Morgan fingerprint density at radius 2 is 1.86 bits per heavy atom. The summed E-state index contributed by atoms with van der Waals surface area (Å²) in [6, 6.07) is 0. The van der Waals surface area contributed by atoms with E-state index in [4.69, 9.17) is 4.74 Å². The maximum absolute atomic E-state index is 12.4. The Bertz CT molecular complexity index is 572. The van der Waals surface area contributed by atoms with Gasteiger partial charge in [0.1, 0.15) is 5.78 Å². The van der Waals surface area contributed by atoms with Crippen molar-refractivity contribution >= 4 is 5.78 Å². The normalized spacial score (nSPS) is 47.0. The molecule has 0 N–H and O–H groups in total. The quantitative estimate of drug-likeness (QED) is 0.704. The van der Waals surface area contributed by atoms with Gasteiger partial charge in [0.15, 0.2) is 0 Å². The first-order valence-electron chi connectivity index (χ1n) is 8.97. The lowest BCUT2D eigenvalue weighted by Crippen LogP contribution is -2.49. The van der Waals surface area contributed by atoms with Gasteiger partial charge in [-0.1, -0.05) is 19.9 Å². The number of fused-ring (bicyclic) bond motifs is 5. The minimum absolute atomic E-state index is 0.00886. The summed E-state index contributed by atoms with van der Waals surface area (Å²) in [5, 5.41) is 0. The SMILES string of the molecule is COC1=CC2=CC[C@@H]3[C@@H](CC[C@]4(C)C(=O)CC[C@H]34)[C@@]2(C)CC1. The Balaban J connectivity index is 1.71. The van der Waals surface area contributed by atoms with E-state index < -0.39 is 0 Å². The predicted octanol–water partition coefficient (Wildman–Crippen LogP) is 4.66. The fourth-order valence-electron chi connectivity index (χ4n) is 6.23. The smallest absolute Gasteiger partial charge is 0.139 e. The first-order valence-corrected chi connectivity index (χ1v) is 8.97. The number of hydrogen-bond donors (Lipinski definition) is 0. The van der Waals surface area contributed by atoms with Crippen LogP contribution >= 0.6 is 0 Å². The lowest BCUT2D eigenvalue weighted by Gasteiger charge is -2.55. The number of allylic oxidation sites excluding steroid dienone is 4. The molecule has 0 radical (unpaired) electrons. The van der Waals surface area contributed by atoms with Gasteiger partial charge in [0.2, 0.25) is 0 Å². The van der Waals surface area contributed by atoms with Crippen molar-refractivity contribution in [1.82, 2.24) is 0 Å². The van der Waals surface area contributed by atoms with Crippen LogP contribution in [0.3, 0.4) is 0 Å². The second-order valence-corrected chi connectivity index (χ2v) is 8.42. The minimum atomic E-state index is -0.00886. The highest BCUT2D eigenvalue weighted by Gasteiger charge is 2.58. The Morgan fingerprint density at radius 1 is 1.09 bits per heavy atom.